The number of carboxylic acids is 1. The third-order valence-electron chi connectivity index (χ3n) is 2.01. The summed E-state index contributed by atoms with van der Waals surface area (Å²) in [5, 5.41) is 18.5. The first-order valence-corrected chi connectivity index (χ1v) is 4.11. The number of hydrogen-bond acceptors (Lipinski definition) is 3. The van der Waals surface area contributed by atoms with Gasteiger partial charge in [0, 0.05) is 4.92 Å². The average molecular weight is 229 g/mol. The van der Waals surface area contributed by atoms with Gasteiger partial charge in [-0.1, -0.05) is 6.92 Å². The summed E-state index contributed by atoms with van der Waals surface area (Å²) in [6.45, 7) is -0.161. The van der Waals surface area contributed by atoms with Crippen LogP contribution in [0.15, 0.2) is 0 Å². The number of halogens is 3. The Kier molecular flexibility index (Phi) is 4.50. The fraction of sp³-hybridized carbons (Fsp3) is 0.857. The highest BCUT2D eigenvalue weighted by Crippen LogP contribution is 2.34. The van der Waals surface area contributed by atoms with Gasteiger partial charge >= 0.3 is 12.1 Å². The highest BCUT2D eigenvalue weighted by atomic mass is 19.4. The summed E-state index contributed by atoms with van der Waals surface area (Å²) < 4.78 is 36.9. The molecule has 0 aliphatic carbocycles. The van der Waals surface area contributed by atoms with E-state index in [4.69, 9.17) is 5.11 Å². The molecule has 2 atom stereocenters. The van der Waals surface area contributed by atoms with E-state index >= 15 is 0 Å². The summed E-state index contributed by atoms with van der Waals surface area (Å²) >= 11 is 0. The minimum Gasteiger partial charge on any atom is -0.481 e. The van der Waals surface area contributed by atoms with E-state index in [0.29, 0.717) is 0 Å². The van der Waals surface area contributed by atoms with E-state index in [0.717, 1.165) is 0 Å². The highest BCUT2D eigenvalue weighted by Gasteiger charge is 2.49. The first-order chi connectivity index (χ1) is 6.70. The predicted octanol–water partition coefficient (Wildman–Crippen LogP) is 1.55. The average Bonchev–Trinajstić information content (AvgIpc) is 2.00. The molecule has 0 aliphatic heterocycles. The molecule has 88 valence electrons. The van der Waals surface area contributed by atoms with Crippen LogP contribution in [0.3, 0.4) is 0 Å². The molecule has 8 heteroatoms. The molecule has 1 N–H and O–H groups in total. The number of nitro groups is 1. The quantitative estimate of drug-likeness (QED) is 0.572. The first-order valence-electron chi connectivity index (χ1n) is 4.11. The van der Waals surface area contributed by atoms with Gasteiger partial charge in [-0.3, -0.25) is 14.9 Å². The van der Waals surface area contributed by atoms with Gasteiger partial charge in [0.2, 0.25) is 6.54 Å². The number of carboxylic acid groups (broad SMARTS) is 1. The van der Waals surface area contributed by atoms with Crippen molar-refractivity contribution in [1.82, 2.24) is 0 Å². The van der Waals surface area contributed by atoms with E-state index in [1.165, 1.54) is 6.92 Å². The molecular weight excluding hydrogens is 219 g/mol. The Morgan fingerprint density at radius 2 is 2.00 bits per heavy atom. The molecule has 0 aliphatic rings. The Labute approximate surface area is 83.0 Å². The van der Waals surface area contributed by atoms with Gasteiger partial charge in [0.05, 0.1) is 5.92 Å². The van der Waals surface area contributed by atoms with Gasteiger partial charge < -0.3 is 5.11 Å². The lowest BCUT2D eigenvalue weighted by molar-refractivity contribution is -0.499. The monoisotopic (exact) mass is 229 g/mol. The number of aliphatic carboxylic acids is 1. The Bertz CT molecular complexity index is 253. The van der Waals surface area contributed by atoms with E-state index in [9.17, 15) is 28.1 Å². The molecule has 0 saturated carbocycles. The molecule has 0 aromatic heterocycles. The SMILES string of the molecule is CCC(C(=O)O)C(C[N+](=O)[O-])C(F)(F)F. The zero-order valence-electron chi connectivity index (χ0n) is 7.82. The van der Waals surface area contributed by atoms with Crippen LogP contribution in [0.5, 0.6) is 0 Å². The molecule has 0 saturated heterocycles. The van der Waals surface area contributed by atoms with Crippen LogP contribution in [0.4, 0.5) is 13.2 Å². The Balaban J connectivity index is 4.90. The van der Waals surface area contributed by atoms with E-state index in [1.54, 1.807) is 0 Å². The lowest BCUT2D eigenvalue weighted by atomic mass is 9.89. The molecule has 0 amide bonds. The largest absolute Gasteiger partial charge is 0.481 e. The maximum atomic E-state index is 12.3. The van der Waals surface area contributed by atoms with E-state index in [2.05, 4.69) is 0 Å². The second-order valence-corrected chi connectivity index (χ2v) is 3.02. The Morgan fingerprint density at radius 3 is 2.20 bits per heavy atom. The summed E-state index contributed by atoms with van der Waals surface area (Å²) in [5.41, 5.74) is 0. The molecule has 0 bridgehead atoms. The molecule has 0 heterocycles. The molecule has 2 unspecified atom stereocenters. The van der Waals surface area contributed by atoms with Crippen LogP contribution in [0.25, 0.3) is 0 Å². The van der Waals surface area contributed by atoms with Crippen LogP contribution in [0, 0.1) is 22.0 Å². The number of alkyl halides is 3. The lowest BCUT2D eigenvalue weighted by Crippen LogP contribution is -2.39. The number of nitrogens with zero attached hydrogens (tertiary/aromatic N) is 1. The molecule has 0 aromatic carbocycles. The van der Waals surface area contributed by atoms with Crippen LogP contribution >= 0.6 is 0 Å². The highest BCUT2D eigenvalue weighted by molar-refractivity contribution is 5.70. The van der Waals surface area contributed by atoms with Crippen molar-refractivity contribution in [2.75, 3.05) is 6.54 Å². The van der Waals surface area contributed by atoms with E-state index in [1.807, 2.05) is 0 Å². The molecular formula is C7H10F3NO4. The zero-order valence-corrected chi connectivity index (χ0v) is 7.82. The van der Waals surface area contributed by atoms with Gasteiger partial charge in [0.15, 0.2) is 0 Å². The van der Waals surface area contributed by atoms with Crippen molar-refractivity contribution in [2.45, 2.75) is 19.5 Å². The van der Waals surface area contributed by atoms with Crippen molar-refractivity contribution in [3.05, 3.63) is 10.1 Å². The molecule has 0 rings (SSSR count). The summed E-state index contributed by atoms with van der Waals surface area (Å²) in [6.07, 6.45) is -5.17. The second kappa shape index (κ2) is 4.94. The minimum absolute atomic E-state index is 0.298. The molecule has 0 radical (unpaired) electrons. The lowest BCUT2D eigenvalue weighted by Gasteiger charge is -2.21. The molecule has 0 spiro atoms. The Morgan fingerprint density at radius 1 is 1.53 bits per heavy atom. The predicted molar refractivity (Wildman–Crippen MR) is 42.8 cm³/mol. The minimum atomic E-state index is -4.87. The van der Waals surface area contributed by atoms with Crippen molar-refractivity contribution in [3.8, 4) is 0 Å². The molecule has 15 heavy (non-hydrogen) atoms. The van der Waals surface area contributed by atoms with Gasteiger partial charge in [-0.2, -0.15) is 13.2 Å². The van der Waals surface area contributed by atoms with Crippen LogP contribution in [-0.2, 0) is 4.79 Å². The fourth-order valence-corrected chi connectivity index (χ4v) is 1.25. The smallest absolute Gasteiger partial charge is 0.398 e. The van der Waals surface area contributed by atoms with Crippen LogP contribution in [0.1, 0.15) is 13.3 Å². The summed E-state index contributed by atoms with van der Waals surface area (Å²) in [5.74, 6) is -5.87. The van der Waals surface area contributed by atoms with E-state index in [-0.39, 0.29) is 6.42 Å². The zero-order chi connectivity index (χ0) is 12.2. The van der Waals surface area contributed by atoms with Gasteiger partial charge in [-0.25, -0.2) is 0 Å². The maximum absolute atomic E-state index is 12.3. The van der Waals surface area contributed by atoms with Crippen LogP contribution < -0.4 is 0 Å². The van der Waals surface area contributed by atoms with Crippen molar-refractivity contribution in [3.63, 3.8) is 0 Å². The summed E-state index contributed by atoms with van der Waals surface area (Å²) in [7, 11) is 0. The first kappa shape index (κ1) is 13.7. The van der Waals surface area contributed by atoms with Gasteiger partial charge in [0.1, 0.15) is 5.92 Å². The topological polar surface area (TPSA) is 80.4 Å². The summed E-state index contributed by atoms with van der Waals surface area (Å²) in [6, 6.07) is 0. The number of hydrogen-bond donors (Lipinski definition) is 1. The second-order valence-electron chi connectivity index (χ2n) is 3.02. The van der Waals surface area contributed by atoms with Crippen molar-refractivity contribution in [1.29, 1.82) is 0 Å². The Hall–Kier alpha value is -1.34. The molecule has 0 fully saturated rings. The van der Waals surface area contributed by atoms with Gasteiger partial charge in [-0.05, 0) is 6.42 Å². The van der Waals surface area contributed by atoms with Crippen molar-refractivity contribution < 1.29 is 28.0 Å². The van der Waals surface area contributed by atoms with E-state index < -0.39 is 35.4 Å². The van der Waals surface area contributed by atoms with Gasteiger partial charge in [-0.15, -0.1) is 0 Å². The normalized spacial score (nSPS) is 15.7. The van der Waals surface area contributed by atoms with Gasteiger partial charge in [0.25, 0.3) is 0 Å². The molecule has 5 nitrogen and oxygen atoms in total. The molecule has 0 aromatic rings. The van der Waals surface area contributed by atoms with Crippen molar-refractivity contribution >= 4 is 5.97 Å². The van der Waals surface area contributed by atoms with Crippen LogP contribution in [0.2, 0.25) is 0 Å². The van der Waals surface area contributed by atoms with Crippen molar-refractivity contribution in [2.24, 2.45) is 11.8 Å². The summed E-state index contributed by atoms with van der Waals surface area (Å²) in [4.78, 5) is 19.3. The third-order valence-corrected chi connectivity index (χ3v) is 2.01. The standard InChI is InChI=1S/C7H10F3NO4/c1-2-4(6(12)13)5(3-11(14)15)7(8,9)10/h4-5H,2-3H2,1H3,(H,12,13). The van der Waals surface area contributed by atoms with Crippen LogP contribution in [-0.4, -0.2) is 28.7 Å². The fourth-order valence-electron chi connectivity index (χ4n) is 1.25. The number of carbonyl (C=O) groups is 1. The third kappa shape index (κ3) is 4.13. The maximum Gasteiger partial charge on any atom is 0.398 e. The number of rotatable bonds is 5.